The summed E-state index contributed by atoms with van der Waals surface area (Å²) in [7, 11) is 2.06. The Balaban J connectivity index is 2.23. The molecule has 0 atom stereocenters. The Kier molecular flexibility index (Phi) is 2.21. The van der Waals surface area contributed by atoms with E-state index in [1.54, 1.807) is 6.92 Å². The number of amides is 1. The first-order chi connectivity index (χ1) is 8.16. The predicted molar refractivity (Wildman–Crippen MR) is 69.3 cm³/mol. The van der Waals surface area contributed by atoms with Gasteiger partial charge >= 0.3 is 0 Å². The lowest BCUT2D eigenvalue weighted by Gasteiger charge is -2.28. The molecule has 0 fully saturated rings. The van der Waals surface area contributed by atoms with E-state index in [0.29, 0.717) is 0 Å². The molecule has 0 radical (unpaired) electrons. The molecule has 1 amide bonds. The molecule has 3 rings (SSSR count). The van der Waals surface area contributed by atoms with Crippen molar-refractivity contribution in [2.75, 3.05) is 11.4 Å². The molecule has 1 aliphatic rings. The second kappa shape index (κ2) is 3.62. The largest absolute Gasteiger partial charge is 0.351 e. The van der Waals surface area contributed by atoms with Gasteiger partial charge in [-0.25, -0.2) is 0 Å². The molecular weight excluding hydrogens is 212 g/mol. The Hall–Kier alpha value is -1.77. The minimum Gasteiger partial charge on any atom is -0.351 e. The highest BCUT2D eigenvalue weighted by Crippen LogP contribution is 2.31. The molecule has 1 aromatic heterocycles. The average Bonchev–Trinajstić information content (AvgIpc) is 2.67. The van der Waals surface area contributed by atoms with E-state index in [-0.39, 0.29) is 5.91 Å². The van der Waals surface area contributed by atoms with Gasteiger partial charge in [0.15, 0.2) is 0 Å². The molecule has 88 valence electrons. The summed E-state index contributed by atoms with van der Waals surface area (Å²) in [5.41, 5.74) is 3.64. The second-order valence-corrected chi connectivity index (χ2v) is 4.74. The number of benzene rings is 1. The van der Waals surface area contributed by atoms with Gasteiger partial charge in [0.2, 0.25) is 5.91 Å². The van der Waals surface area contributed by atoms with Crippen LogP contribution in [0.15, 0.2) is 24.4 Å². The zero-order valence-electron chi connectivity index (χ0n) is 10.2. The summed E-state index contributed by atoms with van der Waals surface area (Å²) in [5, 5.41) is 1.21. The molecule has 2 aromatic rings. The summed E-state index contributed by atoms with van der Waals surface area (Å²) in [4.78, 5) is 13.5. The van der Waals surface area contributed by atoms with E-state index in [0.717, 1.165) is 25.1 Å². The second-order valence-electron chi connectivity index (χ2n) is 4.74. The number of aryl methyl sites for hydroxylation is 2. The molecule has 2 heterocycles. The number of hydrogen-bond acceptors (Lipinski definition) is 1. The topological polar surface area (TPSA) is 25.2 Å². The normalized spacial score (nSPS) is 15.1. The quantitative estimate of drug-likeness (QED) is 0.680. The van der Waals surface area contributed by atoms with Crippen LogP contribution in [0.1, 0.15) is 18.9 Å². The van der Waals surface area contributed by atoms with Crippen LogP contribution in [-0.2, 0) is 18.3 Å². The van der Waals surface area contributed by atoms with Gasteiger partial charge in [0.05, 0.1) is 0 Å². The molecule has 0 saturated carbocycles. The number of hydrogen-bond donors (Lipinski definition) is 0. The van der Waals surface area contributed by atoms with Crippen molar-refractivity contribution in [2.24, 2.45) is 7.05 Å². The number of fused-ring (bicyclic) bond motifs is 2. The SMILES string of the molecule is CC(=O)N1CCCc2cc3c(ccn3C)cc21. The van der Waals surface area contributed by atoms with Crippen LogP contribution in [0.5, 0.6) is 0 Å². The van der Waals surface area contributed by atoms with Crippen molar-refractivity contribution in [1.82, 2.24) is 4.57 Å². The molecule has 3 heteroatoms. The molecule has 0 spiro atoms. The summed E-state index contributed by atoms with van der Waals surface area (Å²) in [6.07, 6.45) is 4.19. The highest BCUT2D eigenvalue weighted by molar-refractivity contribution is 5.96. The van der Waals surface area contributed by atoms with Gasteiger partial charge in [-0.1, -0.05) is 0 Å². The van der Waals surface area contributed by atoms with Gasteiger partial charge in [0.1, 0.15) is 0 Å². The maximum atomic E-state index is 11.6. The van der Waals surface area contributed by atoms with Crippen LogP contribution in [0.2, 0.25) is 0 Å². The monoisotopic (exact) mass is 228 g/mol. The van der Waals surface area contributed by atoms with E-state index < -0.39 is 0 Å². The Bertz CT molecular complexity index is 598. The molecule has 0 aliphatic carbocycles. The van der Waals surface area contributed by atoms with Gasteiger partial charge in [-0.15, -0.1) is 0 Å². The number of aromatic nitrogens is 1. The summed E-state index contributed by atoms with van der Waals surface area (Å²) in [6.45, 7) is 2.49. The number of rotatable bonds is 0. The van der Waals surface area contributed by atoms with Gasteiger partial charge in [0, 0.05) is 43.3 Å². The summed E-state index contributed by atoms with van der Waals surface area (Å²) >= 11 is 0. The van der Waals surface area contributed by atoms with Gasteiger partial charge in [0.25, 0.3) is 0 Å². The minimum absolute atomic E-state index is 0.140. The molecule has 1 aliphatic heterocycles. The maximum absolute atomic E-state index is 11.6. The molecule has 1 aromatic carbocycles. The Morgan fingerprint density at radius 2 is 2.18 bits per heavy atom. The highest BCUT2D eigenvalue weighted by Gasteiger charge is 2.20. The molecule has 17 heavy (non-hydrogen) atoms. The van der Waals surface area contributed by atoms with E-state index in [9.17, 15) is 4.79 Å². The first-order valence-electron chi connectivity index (χ1n) is 6.03. The fraction of sp³-hybridized carbons (Fsp3) is 0.357. The lowest BCUT2D eigenvalue weighted by molar-refractivity contribution is -0.116. The average molecular weight is 228 g/mol. The molecule has 0 N–H and O–H groups in total. The van der Waals surface area contributed by atoms with Crippen LogP contribution < -0.4 is 4.90 Å². The van der Waals surface area contributed by atoms with E-state index >= 15 is 0 Å². The summed E-state index contributed by atoms with van der Waals surface area (Å²) in [6, 6.07) is 6.47. The molecule has 0 unspecified atom stereocenters. The van der Waals surface area contributed by atoms with Crippen molar-refractivity contribution in [3.8, 4) is 0 Å². The lowest BCUT2D eigenvalue weighted by Crippen LogP contribution is -2.33. The minimum atomic E-state index is 0.140. The van der Waals surface area contributed by atoms with Crippen LogP contribution in [-0.4, -0.2) is 17.0 Å². The first kappa shape index (κ1) is 10.4. The number of anilines is 1. The van der Waals surface area contributed by atoms with Crippen LogP contribution in [0, 0.1) is 0 Å². The van der Waals surface area contributed by atoms with Crippen molar-refractivity contribution in [1.29, 1.82) is 0 Å². The third-order valence-electron chi connectivity index (χ3n) is 3.58. The van der Waals surface area contributed by atoms with E-state index in [1.165, 1.54) is 16.5 Å². The van der Waals surface area contributed by atoms with Crippen molar-refractivity contribution in [2.45, 2.75) is 19.8 Å². The highest BCUT2D eigenvalue weighted by atomic mass is 16.2. The molecular formula is C14H16N2O. The third kappa shape index (κ3) is 1.54. The maximum Gasteiger partial charge on any atom is 0.223 e. The van der Waals surface area contributed by atoms with Gasteiger partial charge in [-0.3, -0.25) is 4.79 Å². The van der Waals surface area contributed by atoms with Crippen LogP contribution in [0.25, 0.3) is 10.9 Å². The van der Waals surface area contributed by atoms with Gasteiger partial charge < -0.3 is 9.47 Å². The van der Waals surface area contributed by atoms with Crippen molar-refractivity contribution in [3.63, 3.8) is 0 Å². The van der Waals surface area contributed by atoms with Crippen molar-refractivity contribution >= 4 is 22.5 Å². The predicted octanol–water partition coefficient (Wildman–Crippen LogP) is 2.48. The standard InChI is InChI=1S/C14H16N2O/c1-10(17)16-6-3-4-11-8-13-12(9-14(11)16)5-7-15(13)2/h5,7-9H,3-4,6H2,1-2H3. The molecule has 0 bridgehead atoms. The van der Waals surface area contributed by atoms with Crippen molar-refractivity contribution < 1.29 is 4.79 Å². The van der Waals surface area contributed by atoms with Crippen LogP contribution in [0.4, 0.5) is 5.69 Å². The van der Waals surface area contributed by atoms with Crippen molar-refractivity contribution in [3.05, 3.63) is 30.0 Å². The fourth-order valence-electron chi connectivity index (χ4n) is 2.67. The molecule has 0 saturated heterocycles. The number of carbonyl (C=O) groups excluding carboxylic acids is 1. The Morgan fingerprint density at radius 3 is 2.94 bits per heavy atom. The van der Waals surface area contributed by atoms with E-state index in [2.05, 4.69) is 36.0 Å². The van der Waals surface area contributed by atoms with Crippen LogP contribution in [0.3, 0.4) is 0 Å². The number of carbonyl (C=O) groups is 1. The number of nitrogens with zero attached hydrogens (tertiary/aromatic N) is 2. The smallest absolute Gasteiger partial charge is 0.223 e. The summed E-state index contributed by atoms with van der Waals surface area (Å²) in [5.74, 6) is 0.140. The van der Waals surface area contributed by atoms with Crippen LogP contribution >= 0.6 is 0 Å². The third-order valence-corrected chi connectivity index (χ3v) is 3.58. The summed E-state index contributed by atoms with van der Waals surface area (Å²) < 4.78 is 2.13. The Morgan fingerprint density at radius 1 is 1.35 bits per heavy atom. The zero-order valence-corrected chi connectivity index (χ0v) is 10.2. The first-order valence-corrected chi connectivity index (χ1v) is 6.03. The zero-order chi connectivity index (χ0) is 12.0. The Labute approximate surface area is 101 Å². The fourth-order valence-corrected chi connectivity index (χ4v) is 2.67. The van der Waals surface area contributed by atoms with Gasteiger partial charge in [-0.05, 0) is 36.6 Å². The molecule has 3 nitrogen and oxygen atoms in total. The lowest BCUT2D eigenvalue weighted by atomic mass is 10.00. The van der Waals surface area contributed by atoms with E-state index in [4.69, 9.17) is 0 Å². The van der Waals surface area contributed by atoms with E-state index in [1.807, 2.05) is 4.90 Å². The van der Waals surface area contributed by atoms with Gasteiger partial charge in [-0.2, -0.15) is 0 Å².